The molecule has 1 unspecified atom stereocenters. The van der Waals surface area contributed by atoms with Gasteiger partial charge < -0.3 is 9.67 Å². The van der Waals surface area contributed by atoms with Gasteiger partial charge in [0.05, 0.1) is 12.7 Å². The third-order valence-corrected chi connectivity index (χ3v) is 5.81. The van der Waals surface area contributed by atoms with E-state index in [2.05, 4.69) is 47.1 Å². The van der Waals surface area contributed by atoms with Crippen molar-refractivity contribution >= 4 is 5.97 Å². The highest BCUT2D eigenvalue weighted by Gasteiger charge is 2.28. The second kappa shape index (κ2) is 10.1. The van der Waals surface area contributed by atoms with Gasteiger partial charge in [0.1, 0.15) is 0 Å². The van der Waals surface area contributed by atoms with Gasteiger partial charge in [0, 0.05) is 36.7 Å². The summed E-state index contributed by atoms with van der Waals surface area (Å²) in [5.74, 6) is -0.818. The Hall–Kier alpha value is -3.70. The molecule has 32 heavy (non-hydrogen) atoms. The average Bonchev–Trinajstić information content (AvgIpc) is 3.37. The van der Waals surface area contributed by atoms with Crippen molar-refractivity contribution in [2.24, 2.45) is 0 Å². The summed E-state index contributed by atoms with van der Waals surface area (Å²) in [6.07, 6.45) is 5.39. The topological polar surface area (TPSA) is 58.4 Å². The summed E-state index contributed by atoms with van der Waals surface area (Å²) in [6.45, 7) is 2.79. The Labute approximate surface area is 188 Å². The van der Waals surface area contributed by atoms with E-state index in [4.69, 9.17) is 0 Å². The number of imidazole rings is 1. The maximum absolute atomic E-state index is 12.0. The van der Waals surface area contributed by atoms with E-state index in [1.54, 1.807) is 12.5 Å². The number of nitrogens with zero attached hydrogens (tertiary/aromatic N) is 3. The number of rotatable bonds is 9. The van der Waals surface area contributed by atoms with Crippen LogP contribution in [0.3, 0.4) is 0 Å². The summed E-state index contributed by atoms with van der Waals surface area (Å²) < 4.78 is 1.93. The number of carboxylic acid groups (broad SMARTS) is 1. The monoisotopic (exact) mass is 425 g/mol. The molecule has 0 amide bonds. The van der Waals surface area contributed by atoms with Gasteiger partial charge in [-0.15, -0.1) is 0 Å². The maximum atomic E-state index is 12.0. The molecule has 2 atom stereocenters. The first-order valence-corrected chi connectivity index (χ1v) is 10.8. The van der Waals surface area contributed by atoms with Gasteiger partial charge in [0.15, 0.2) is 0 Å². The predicted molar refractivity (Wildman–Crippen MR) is 125 cm³/mol. The van der Waals surface area contributed by atoms with Crippen LogP contribution in [-0.2, 0) is 11.3 Å². The molecule has 0 spiro atoms. The van der Waals surface area contributed by atoms with Crippen molar-refractivity contribution in [2.75, 3.05) is 0 Å². The quantitative estimate of drug-likeness (QED) is 0.376. The van der Waals surface area contributed by atoms with Crippen molar-refractivity contribution in [1.29, 1.82) is 0 Å². The van der Waals surface area contributed by atoms with Gasteiger partial charge in [-0.2, -0.15) is 0 Å². The van der Waals surface area contributed by atoms with Crippen LogP contribution in [0.25, 0.3) is 5.69 Å². The zero-order valence-electron chi connectivity index (χ0n) is 18.1. The second-order valence-electron chi connectivity index (χ2n) is 7.92. The number of carboxylic acids is 1. The summed E-state index contributed by atoms with van der Waals surface area (Å²) in [5.41, 5.74) is 4.24. The van der Waals surface area contributed by atoms with Crippen molar-refractivity contribution in [2.45, 2.75) is 32.0 Å². The average molecular weight is 426 g/mol. The Morgan fingerprint density at radius 2 is 1.66 bits per heavy atom. The fourth-order valence-corrected chi connectivity index (χ4v) is 4.13. The molecule has 1 N–H and O–H groups in total. The molecule has 4 aromatic rings. The molecule has 0 bridgehead atoms. The van der Waals surface area contributed by atoms with Crippen LogP contribution >= 0.6 is 0 Å². The van der Waals surface area contributed by atoms with E-state index < -0.39 is 5.97 Å². The van der Waals surface area contributed by atoms with Crippen LogP contribution in [0.15, 0.2) is 104 Å². The highest BCUT2D eigenvalue weighted by molar-refractivity contribution is 5.68. The predicted octanol–water partition coefficient (Wildman–Crippen LogP) is 5.65. The summed E-state index contributed by atoms with van der Waals surface area (Å²) in [6, 6.07) is 28.3. The minimum atomic E-state index is -0.818. The number of hydrogen-bond acceptors (Lipinski definition) is 3. The molecule has 0 saturated carbocycles. The molecule has 1 aromatic heterocycles. The van der Waals surface area contributed by atoms with Crippen molar-refractivity contribution in [1.82, 2.24) is 14.5 Å². The molecular formula is C27H27N3O2. The smallest absolute Gasteiger partial charge is 0.305 e. The van der Waals surface area contributed by atoms with Gasteiger partial charge in [-0.1, -0.05) is 72.8 Å². The summed E-state index contributed by atoms with van der Waals surface area (Å²) in [5, 5.41) is 9.82. The SMILES string of the molecule is C[C@H](c1ccccc1)N(Cc1ccccc1)C(CC(=O)O)c1cccc(-n2ccnc2)c1. The lowest BCUT2D eigenvalue weighted by Crippen LogP contribution is -2.32. The Bertz CT molecular complexity index is 1130. The minimum absolute atomic E-state index is 0.0113. The van der Waals surface area contributed by atoms with Crippen LogP contribution in [0.2, 0.25) is 0 Å². The lowest BCUT2D eigenvalue weighted by Gasteiger charge is -2.37. The Kier molecular flexibility index (Phi) is 6.78. The van der Waals surface area contributed by atoms with Crippen LogP contribution < -0.4 is 0 Å². The first kappa shape index (κ1) is 21.5. The van der Waals surface area contributed by atoms with Crippen molar-refractivity contribution < 1.29 is 9.90 Å². The third kappa shape index (κ3) is 5.13. The molecule has 0 aliphatic carbocycles. The molecule has 0 fully saturated rings. The lowest BCUT2D eigenvalue weighted by atomic mass is 9.96. The molecular weight excluding hydrogens is 398 g/mol. The molecule has 3 aromatic carbocycles. The second-order valence-corrected chi connectivity index (χ2v) is 7.92. The normalized spacial score (nSPS) is 13.1. The van der Waals surface area contributed by atoms with E-state index in [-0.39, 0.29) is 18.5 Å². The Morgan fingerprint density at radius 3 is 2.31 bits per heavy atom. The molecule has 4 rings (SSSR count). The van der Waals surface area contributed by atoms with E-state index in [1.165, 1.54) is 0 Å². The van der Waals surface area contributed by atoms with E-state index >= 15 is 0 Å². The number of hydrogen-bond donors (Lipinski definition) is 1. The zero-order valence-corrected chi connectivity index (χ0v) is 18.1. The molecule has 0 aliphatic rings. The van der Waals surface area contributed by atoms with E-state index in [1.807, 2.05) is 65.4 Å². The Morgan fingerprint density at radius 1 is 0.969 bits per heavy atom. The number of carbonyl (C=O) groups is 1. The van der Waals surface area contributed by atoms with Crippen LogP contribution in [0.4, 0.5) is 0 Å². The first-order chi connectivity index (χ1) is 15.6. The molecule has 5 heteroatoms. The molecule has 5 nitrogen and oxygen atoms in total. The zero-order chi connectivity index (χ0) is 22.3. The van der Waals surface area contributed by atoms with E-state index in [0.717, 1.165) is 22.4 Å². The van der Waals surface area contributed by atoms with Gasteiger partial charge in [-0.25, -0.2) is 4.98 Å². The number of aromatic nitrogens is 2. The summed E-state index contributed by atoms with van der Waals surface area (Å²) >= 11 is 0. The van der Waals surface area contributed by atoms with Crippen molar-refractivity contribution in [3.8, 4) is 5.69 Å². The minimum Gasteiger partial charge on any atom is -0.481 e. The standard InChI is InChI=1S/C27H27N3O2/c1-21(23-11-6-3-7-12-23)30(19-22-9-4-2-5-10-22)26(18-27(31)32)24-13-8-14-25(17-24)29-16-15-28-20-29/h2-17,20-21,26H,18-19H2,1H3,(H,31,32)/t21-,26?/m1/s1. The summed E-state index contributed by atoms with van der Waals surface area (Å²) in [4.78, 5) is 18.4. The fourth-order valence-electron chi connectivity index (χ4n) is 4.13. The van der Waals surface area contributed by atoms with Crippen LogP contribution in [0.1, 0.15) is 42.1 Å². The molecule has 1 heterocycles. The van der Waals surface area contributed by atoms with Crippen molar-refractivity contribution in [3.63, 3.8) is 0 Å². The molecule has 0 radical (unpaired) electrons. The maximum Gasteiger partial charge on any atom is 0.305 e. The van der Waals surface area contributed by atoms with Crippen LogP contribution in [0, 0.1) is 0 Å². The number of aliphatic carboxylic acids is 1. The van der Waals surface area contributed by atoms with E-state index in [0.29, 0.717) is 6.54 Å². The fraction of sp³-hybridized carbons (Fsp3) is 0.185. The lowest BCUT2D eigenvalue weighted by molar-refractivity contribution is -0.138. The van der Waals surface area contributed by atoms with Crippen molar-refractivity contribution in [3.05, 3.63) is 120 Å². The van der Waals surface area contributed by atoms with Crippen LogP contribution in [-0.4, -0.2) is 25.5 Å². The third-order valence-electron chi connectivity index (χ3n) is 5.81. The highest BCUT2D eigenvalue weighted by Crippen LogP contribution is 2.35. The first-order valence-electron chi connectivity index (χ1n) is 10.8. The van der Waals surface area contributed by atoms with Gasteiger partial charge in [-0.05, 0) is 35.7 Å². The Balaban J connectivity index is 1.77. The van der Waals surface area contributed by atoms with Gasteiger partial charge in [-0.3, -0.25) is 9.69 Å². The molecule has 162 valence electrons. The van der Waals surface area contributed by atoms with Crippen LogP contribution in [0.5, 0.6) is 0 Å². The number of benzene rings is 3. The van der Waals surface area contributed by atoms with E-state index in [9.17, 15) is 9.90 Å². The molecule has 0 saturated heterocycles. The van der Waals surface area contributed by atoms with Gasteiger partial charge in [0.2, 0.25) is 0 Å². The highest BCUT2D eigenvalue weighted by atomic mass is 16.4. The van der Waals surface area contributed by atoms with Gasteiger partial charge >= 0.3 is 5.97 Å². The summed E-state index contributed by atoms with van der Waals surface area (Å²) in [7, 11) is 0. The molecule has 0 aliphatic heterocycles. The largest absolute Gasteiger partial charge is 0.481 e. The van der Waals surface area contributed by atoms with Gasteiger partial charge in [0.25, 0.3) is 0 Å².